The number of nitrogens with two attached hydrogens (primary N) is 1. The van der Waals surface area contributed by atoms with Crippen molar-refractivity contribution < 1.29 is 0 Å². The van der Waals surface area contributed by atoms with Crippen molar-refractivity contribution in [1.82, 2.24) is 4.98 Å². The average Bonchev–Trinajstić information content (AvgIpc) is 2.14. The van der Waals surface area contributed by atoms with Gasteiger partial charge in [0.15, 0.2) is 0 Å². The Morgan fingerprint density at radius 3 is 2.56 bits per heavy atom. The maximum Gasteiger partial charge on any atom is 0.132 e. The summed E-state index contributed by atoms with van der Waals surface area (Å²) in [5.41, 5.74) is 7.05. The van der Waals surface area contributed by atoms with Gasteiger partial charge in [0, 0.05) is 36.4 Å². The molecule has 0 unspecified atom stereocenters. The second-order valence-corrected chi connectivity index (χ2v) is 6.17. The molecule has 0 saturated heterocycles. The lowest BCUT2D eigenvalue weighted by atomic mass is 9.96. The van der Waals surface area contributed by atoms with Gasteiger partial charge in [-0.25, -0.2) is 4.98 Å². The number of rotatable bonds is 3. The van der Waals surface area contributed by atoms with Gasteiger partial charge in [0.1, 0.15) is 5.82 Å². The lowest BCUT2D eigenvalue weighted by Gasteiger charge is -2.28. The highest BCUT2D eigenvalue weighted by Gasteiger charge is 2.16. The molecule has 1 aromatic heterocycles. The highest BCUT2D eigenvalue weighted by molar-refractivity contribution is 9.10. The van der Waals surface area contributed by atoms with E-state index in [9.17, 15) is 0 Å². The number of hydrogen-bond donors (Lipinski definition) is 1. The predicted octanol–water partition coefficient (Wildman–Crippen LogP) is 2.79. The van der Waals surface area contributed by atoms with E-state index < -0.39 is 0 Å². The van der Waals surface area contributed by atoms with E-state index in [1.807, 2.05) is 12.3 Å². The van der Waals surface area contributed by atoms with Crippen LogP contribution in [0.4, 0.5) is 5.82 Å². The van der Waals surface area contributed by atoms with Crippen molar-refractivity contribution in [3.8, 4) is 0 Å². The van der Waals surface area contributed by atoms with Crippen LogP contribution < -0.4 is 10.6 Å². The van der Waals surface area contributed by atoms with Crippen molar-refractivity contribution in [2.45, 2.75) is 27.3 Å². The van der Waals surface area contributed by atoms with Crippen LogP contribution in [0, 0.1) is 5.41 Å². The van der Waals surface area contributed by atoms with Crippen LogP contribution in [0.15, 0.2) is 16.7 Å². The molecule has 0 atom stereocenters. The van der Waals surface area contributed by atoms with Gasteiger partial charge in [-0.2, -0.15) is 0 Å². The van der Waals surface area contributed by atoms with E-state index in [1.165, 1.54) is 0 Å². The largest absolute Gasteiger partial charge is 0.359 e. The fraction of sp³-hybridized carbons (Fsp3) is 0.583. The summed E-state index contributed by atoms with van der Waals surface area (Å²) in [7, 11) is 2.06. The summed E-state index contributed by atoms with van der Waals surface area (Å²) in [6, 6.07) is 2.03. The van der Waals surface area contributed by atoms with Crippen LogP contribution in [-0.2, 0) is 6.54 Å². The van der Waals surface area contributed by atoms with Gasteiger partial charge in [-0.15, -0.1) is 0 Å². The Bertz CT molecular complexity index is 358. The molecular formula is C12H20BrN3. The smallest absolute Gasteiger partial charge is 0.132 e. The summed E-state index contributed by atoms with van der Waals surface area (Å²) in [6.07, 6.45) is 1.81. The Hall–Kier alpha value is -0.610. The van der Waals surface area contributed by atoms with Crippen LogP contribution in [0.1, 0.15) is 26.3 Å². The van der Waals surface area contributed by atoms with Gasteiger partial charge < -0.3 is 10.6 Å². The quantitative estimate of drug-likeness (QED) is 0.929. The average molecular weight is 286 g/mol. The number of hydrogen-bond acceptors (Lipinski definition) is 3. The Kier molecular flexibility index (Phi) is 4.33. The fourth-order valence-corrected chi connectivity index (χ4v) is 2.13. The molecule has 2 N–H and O–H groups in total. The topological polar surface area (TPSA) is 42.2 Å². The molecule has 1 heterocycles. The van der Waals surface area contributed by atoms with Gasteiger partial charge in [0.25, 0.3) is 0 Å². The van der Waals surface area contributed by atoms with E-state index in [1.54, 1.807) is 0 Å². The molecule has 0 aliphatic carbocycles. The Balaban J connectivity index is 2.94. The number of halogens is 1. The molecule has 1 aromatic rings. The Morgan fingerprint density at radius 2 is 2.06 bits per heavy atom. The van der Waals surface area contributed by atoms with Gasteiger partial charge in [-0.05, 0) is 27.4 Å². The molecule has 1 rings (SSSR count). The third-order valence-electron chi connectivity index (χ3n) is 2.20. The second-order valence-electron chi connectivity index (χ2n) is 5.26. The molecule has 16 heavy (non-hydrogen) atoms. The monoisotopic (exact) mass is 285 g/mol. The predicted molar refractivity (Wildman–Crippen MR) is 72.6 cm³/mol. The van der Waals surface area contributed by atoms with E-state index in [2.05, 4.69) is 53.6 Å². The van der Waals surface area contributed by atoms with Crippen LogP contribution in [0.25, 0.3) is 0 Å². The van der Waals surface area contributed by atoms with Crippen LogP contribution in [0.5, 0.6) is 0 Å². The molecule has 0 aromatic carbocycles. The van der Waals surface area contributed by atoms with Gasteiger partial charge >= 0.3 is 0 Å². The van der Waals surface area contributed by atoms with Crippen molar-refractivity contribution in [3.05, 3.63) is 22.3 Å². The first kappa shape index (κ1) is 13.5. The molecule has 0 saturated carbocycles. The maximum absolute atomic E-state index is 5.73. The van der Waals surface area contributed by atoms with E-state index in [0.29, 0.717) is 6.54 Å². The highest BCUT2D eigenvalue weighted by Crippen LogP contribution is 2.23. The second kappa shape index (κ2) is 5.15. The van der Waals surface area contributed by atoms with Crippen LogP contribution in [0.2, 0.25) is 0 Å². The molecule has 90 valence electrons. The highest BCUT2D eigenvalue weighted by atomic mass is 79.9. The van der Waals surface area contributed by atoms with Crippen LogP contribution >= 0.6 is 15.9 Å². The lowest BCUT2D eigenvalue weighted by molar-refractivity contribution is 0.417. The van der Waals surface area contributed by atoms with Crippen molar-refractivity contribution in [1.29, 1.82) is 0 Å². The van der Waals surface area contributed by atoms with E-state index >= 15 is 0 Å². The first-order chi connectivity index (χ1) is 7.33. The van der Waals surface area contributed by atoms with E-state index in [4.69, 9.17) is 5.73 Å². The van der Waals surface area contributed by atoms with E-state index in [-0.39, 0.29) is 5.41 Å². The Morgan fingerprint density at radius 1 is 1.44 bits per heavy atom. The first-order valence-electron chi connectivity index (χ1n) is 5.39. The van der Waals surface area contributed by atoms with Gasteiger partial charge in [-0.1, -0.05) is 20.8 Å². The zero-order valence-electron chi connectivity index (χ0n) is 10.4. The molecule has 0 amide bonds. The van der Waals surface area contributed by atoms with Crippen LogP contribution in [-0.4, -0.2) is 18.6 Å². The van der Waals surface area contributed by atoms with Crippen molar-refractivity contribution in [2.75, 3.05) is 18.5 Å². The summed E-state index contributed by atoms with van der Waals surface area (Å²) < 4.78 is 0.973. The summed E-state index contributed by atoms with van der Waals surface area (Å²) in [5, 5.41) is 0. The molecule has 0 aliphatic heterocycles. The minimum absolute atomic E-state index is 0.245. The van der Waals surface area contributed by atoms with Gasteiger partial charge in [0.2, 0.25) is 0 Å². The fourth-order valence-electron chi connectivity index (χ4n) is 1.75. The third kappa shape index (κ3) is 3.76. The van der Waals surface area contributed by atoms with Crippen molar-refractivity contribution in [3.63, 3.8) is 0 Å². The SMILES string of the molecule is CN(CC(C)(C)C)c1ncc(Br)cc1CN. The minimum atomic E-state index is 0.245. The van der Waals surface area contributed by atoms with Gasteiger partial charge in [-0.3, -0.25) is 0 Å². The number of nitrogens with zero attached hydrogens (tertiary/aromatic N) is 2. The normalized spacial score (nSPS) is 11.6. The zero-order valence-corrected chi connectivity index (χ0v) is 12.0. The zero-order chi connectivity index (χ0) is 12.3. The molecule has 0 fully saturated rings. The number of pyridine rings is 1. The standard InChI is InChI=1S/C12H20BrN3/c1-12(2,3)8-16(4)11-9(6-14)5-10(13)7-15-11/h5,7H,6,8,14H2,1-4H3. The summed E-state index contributed by atoms with van der Waals surface area (Å²) in [5.74, 6) is 0.973. The maximum atomic E-state index is 5.73. The number of anilines is 1. The molecule has 0 aliphatic rings. The van der Waals surface area contributed by atoms with Gasteiger partial charge in [0.05, 0.1) is 0 Å². The summed E-state index contributed by atoms with van der Waals surface area (Å²) in [6.45, 7) is 8.10. The summed E-state index contributed by atoms with van der Waals surface area (Å²) in [4.78, 5) is 6.59. The first-order valence-corrected chi connectivity index (χ1v) is 6.18. The minimum Gasteiger partial charge on any atom is -0.359 e. The molecule has 0 radical (unpaired) electrons. The van der Waals surface area contributed by atoms with Crippen LogP contribution in [0.3, 0.4) is 0 Å². The van der Waals surface area contributed by atoms with Crippen molar-refractivity contribution >= 4 is 21.7 Å². The molecule has 0 bridgehead atoms. The Labute approximate surface area is 106 Å². The summed E-state index contributed by atoms with van der Waals surface area (Å²) >= 11 is 3.41. The third-order valence-corrected chi connectivity index (χ3v) is 2.64. The molecular weight excluding hydrogens is 266 g/mol. The molecule has 4 heteroatoms. The van der Waals surface area contributed by atoms with Crippen molar-refractivity contribution in [2.24, 2.45) is 11.1 Å². The molecule has 3 nitrogen and oxygen atoms in total. The number of aromatic nitrogens is 1. The van der Waals surface area contributed by atoms with E-state index in [0.717, 1.165) is 22.4 Å². The molecule has 0 spiro atoms. The lowest BCUT2D eigenvalue weighted by Crippen LogP contribution is -2.30.